The van der Waals surface area contributed by atoms with Gasteiger partial charge in [0.1, 0.15) is 11.6 Å². The topological polar surface area (TPSA) is 41.0 Å². The lowest BCUT2D eigenvalue weighted by Gasteiger charge is -2.28. The van der Waals surface area contributed by atoms with Crippen molar-refractivity contribution >= 4 is 5.82 Å². The lowest BCUT2D eigenvalue weighted by molar-refractivity contribution is 0.583. The van der Waals surface area contributed by atoms with Gasteiger partial charge in [-0.3, -0.25) is 0 Å². The molecular weight excluding hydrogens is 200 g/mol. The molecule has 0 aliphatic carbocycles. The number of hydrogen-bond acceptors (Lipinski definition) is 4. The molecule has 0 radical (unpaired) electrons. The fraction of sp³-hybridized carbons (Fsp3) is 0.667. The number of hydrogen-bond donors (Lipinski definition) is 1. The minimum Gasteiger partial charge on any atom is -0.354 e. The van der Waals surface area contributed by atoms with Crippen molar-refractivity contribution in [3.8, 4) is 0 Å². The molecular formula is C12H20N4. The van der Waals surface area contributed by atoms with Crippen LogP contribution in [0.5, 0.6) is 0 Å². The van der Waals surface area contributed by atoms with Gasteiger partial charge in [-0.25, -0.2) is 9.97 Å². The minimum absolute atomic E-state index is 0.910. The molecule has 0 bridgehead atoms. The van der Waals surface area contributed by atoms with Crippen LogP contribution in [0.1, 0.15) is 25.4 Å². The van der Waals surface area contributed by atoms with Crippen molar-refractivity contribution in [1.29, 1.82) is 0 Å². The Bertz CT molecular complexity index is 323. The molecule has 0 atom stereocenters. The third-order valence-corrected chi connectivity index (χ3v) is 2.93. The molecule has 16 heavy (non-hydrogen) atoms. The summed E-state index contributed by atoms with van der Waals surface area (Å²) >= 11 is 0. The summed E-state index contributed by atoms with van der Waals surface area (Å²) in [6.45, 7) is 8.44. The normalized spacial score (nSPS) is 16.5. The van der Waals surface area contributed by atoms with E-state index in [0.717, 1.165) is 56.4 Å². The van der Waals surface area contributed by atoms with Gasteiger partial charge < -0.3 is 10.2 Å². The van der Waals surface area contributed by atoms with Gasteiger partial charge in [-0.2, -0.15) is 0 Å². The van der Waals surface area contributed by atoms with E-state index >= 15 is 0 Å². The van der Waals surface area contributed by atoms with Gasteiger partial charge in [0.05, 0.1) is 0 Å². The Balaban J connectivity index is 2.24. The number of nitrogens with one attached hydrogen (secondary N) is 1. The second-order valence-electron chi connectivity index (χ2n) is 4.08. The molecule has 2 heterocycles. The van der Waals surface area contributed by atoms with Crippen molar-refractivity contribution in [3.05, 3.63) is 17.6 Å². The summed E-state index contributed by atoms with van der Waals surface area (Å²) in [6.07, 6.45) is 1.89. The molecule has 1 aromatic heterocycles. The average Bonchev–Trinajstić information content (AvgIpc) is 2.39. The maximum Gasteiger partial charge on any atom is 0.132 e. The number of anilines is 1. The first-order valence-corrected chi connectivity index (χ1v) is 6.16. The molecule has 0 amide bonds. The highest BCUT2D eigenvalue weighted by Crippen LogP contribution is 2.14. The molecule has 0 unspecified atom stereocenters. The van der Waals surface area contributed by atoms with Crippen LogP contribution in [0.2, 0.25) is 0 Å². The predicted molar refractivity (Wildman–Crippen MR) is 65.9 cm³/mol. The molecule has 1 aliphatic heterocycles. The highest BCUT2D eigenvalue weighted by Gasteiger charge is 2.13. The third kappa shape index (κ3) is 2.50. The fourth-order valence-corrected chi connectivity index (χ4v) is 1.93. The number of piperazine rings is 1. The summed E-state index contributed by atoms with van der Waals surface area (Å²) in [5.74, 6) is 2.07. The Kier molecular flexibility index (Phi) is 3.72. The smallest absolute Gasteiger partial charge is 0.132 e. The summed E-state index contributed by atoms with van der Waals surface area (Å²) in [5.41, 5.74) is 1.15. The molecule has 4 nitrogen and oxygen atoms in total. The molecule has 1 N–H and O–H groups in total. The zero-order valence-corrected chi connectivity index (χ0v) is 10.2. The Hall–Kier alpha value is -1.16. The molecule has 1 fully saturated rings. The zero-order valence-electron chi connectivity index (χ0n) is 10.2. The van der Waals surface area contributed by atoms with Crippen LogP contribution in [0, 0.1) is 0 Å². The first kappa shape index (κ1) is 11.3. The second kappa shape index (κ2) is 5.25. The number of aryl methyl sites for hydroxylation is 2. The highest BCUT2D eigenvalue weighted by molar-refractivity contribution is 5.40. The summed E-state index contributed by atoms with van der Waals surface area (Å²) in [7, 11) is 0. The fourth-order valence-electron chi connectivity index (χ4n) is 1.93. The predicted octanol–water partition coefficient (Wildman–Crippen LogP) is 1.01. The number of rotatable bonds is 3. The third-order valence-electron chi connectivity index (χ3n) is 2.93. The van der Waals surface area contributed by atoms with E-state index in [4.69, 9.17) is 0 Å². The standard InChI is InChI=1S/C12H20N4/c1-3-10-9-12(15-11(4-2)14-10)16-7-5-13-6-8-16/h9,13H,3-8H2,1-2H3. The molecule has 1 aliphatic rings. The Labute approximate surface area is 97.1 Å². The molecule has 4 heteroatoms. The van der Waals surface area contributed by atoms with E-state index in [-0.39, 0.29) is 0 Å². The molecule has 1 saturated heterocycles. The number of aromatic nitrogens is 2. The summed E-state index contributed by atoms with van der Waals surface area (Å²) in [5, 5.41) is 3.36. The Morgan fingerprint density at radius 3 is 2.56 bits per heavy atom. The van der Waals surface area contributed by atoms with Crippen molar-refractivity contribution in [3.63, 3.8) is 0 Å². The zero-order chi connectivity index (χ0) is 11.4. The first-order chi connectivity index (χ1) is 7.83. The van der Waals surface area contributed by atoms with Gasteiger partial charge in [0.15, 0.2) is 0 Å². The van der Waals surface area contributed by atoms with Gasteiger partial charge in [-0.15, -0.1) is 0 Å². The quantitative estimate of drug-likeness (QED) is 0.825. The molecule has 0 aromatic carbocycles. The van der Waals surface area contributed by atoms with Gasteiger partial charge in [-0.05, 0) is 6.42 Å². The van der Waals surface area contributed by atoms with Gasteiger partial charge in [0.25, 0.3) is 0 Å². The van der Waals surface area contributed by atoms with Crippen LogP contribution in [0.25, 0.3) is 0 Å². The van der Waals surface area contributed by atoms with Gasteiger partial charge in [0.2, 0.25) is 0 Å². The van der Waals surface area contributed by atoms with E-state index in [0.29, 0.717) is 0 Å². The Morgan fingerprint density at radius 1 is 1.19 bits per heavy atom. The second-order valence-corrected chi connectivity index (χ2v) is 4.08. The molecule has 1 aromatic rings. The first-order valence-electron chi connectivity index (χ1n) is 6.16. The van der Waals surface area contributed by atoms with Crippen LogP contribution < -0.4 is 10.2 Å². The van der Waals surface area contributed by atoms with Crippen LogP contribution in [0.3, 0.4) is 0 Å². The van der Waals surface area contributed by atoms with Crippen molar-refractivity contribution in [2.24, 2.45) is 0 Å². The van der Waals surface area contributed by atoms with E-state index in [2.05, 4.69) is 40.1 Å². The molecule has 2 rings (SSSR count). The largest absolute Gasteiger partial charge is 0.354 e. The van der Waals surface area contributed by atoms with Gasteiger partial charge in [-0.1, -0.05) is 13.8 Å². The minimum atomic E-state index is 0.910. The van der Waals surface area contributed by atoms with Crippen molar-refractivity contribution in [2.75, 3.05) is 31.1 Å². The van der Waals surface area contributed by atoms with Crippen LogP contribution in [0.15, 0.2) is 6.07 Å². The van der Waals surface area contributed by atoms with E-state index < -0.39 is 0 Å². The van der Waals surface area contributed by atoms with Crippen LogP contribution in [-0.4, -0.2) is 36.1 Å². The van der Waals surface area contributed by atoms with Crippen molar-refractivity contribution in [1.82, 2.24) is 15.3 Å². The van der Waals surface area contributed by atoms with Crippen LogP contribution in [0.4, 0.5) is 5.82 Å². The van der Waals surface area contributed by atoms with Crippen molar-refractivity contribution in [2.45, 2.75) is 26.7 Å². The molecule has 0 spiro atoms. The van der Waals surface area contributed by atoms with Crippen LogP contribution in [-0.2, 0) is 12.8 Å². The SMILES string of the molecule is CCc1cc(N2CCNCC2)nc(CC)n1. The lowest BCUT2D eigenvalue weighted by atomic mass is 10.2. The maximum atomic E-state index is 4.61. The summed E-state index contributed by atoms with van der Waals surface area (Å²) in [6, 6.07) is 2.13. The van der Waals surface area contributed by atoms with E-state index in [1.807, 2.05) is 0 Å². The monoisotopic (exact) mass is 220 g/mol. The molecule has 0 saturated carbocycles. The van der Waals surface area contributed by atoms with Gasteiger partial charge >= 0.3 is 0 Å². The van der Waals surface area contributed by atoms with E-state index in [9.17, 15) is 0 Å². The highest BCUT2D eigenvalue weighted by atomic mass is 15.2. The van der Waals surface area contributed by atoms with Crippen LogP contribution >= 0.6 is 0 Å². The number of nitrogens with zero attached hydrogens (tertiary/aromatic N) is 3. The molecule has 88 valence electrons. The van der Waals surface area contributed by atoms with E-state index in [1.165, 1.54) is 0 Å². The summed E-state index contributed by atoms with van der Waals surface area (Å²) < 4.78 is 0. The van der Waals surface area contributed by atoms with Crippen molar-refractivity contribution < 1.29 is 0 Å². The lowest BCUT2D eigenvalue weighted by Crippen LogP contribution is -2.44. The van der Waals surface area contributed by atoms with Gasteiger partial charge in [0, 0.05) is 44.4 Å². The Morgan fingerprint density at radius 2 is 1.94 bits per heavy atom. The average molecular weight is 220 g/mol. The van der Waals surface area contributed by atoms with E-state index in [1.54, 1.807) is 0 Å². The maximum absolute atomic E-state index is 4.61. The summed E-state index contributed by atoms with van der Waals surface area (Å²) in [4.78, 5) is 11.5.